The van der Waals surface area contributed by atoms with Gasteiger partial charge in [-0.1, -0.05) is 12.1 Å². The van der Waals surface area contributed by atoms with E-state index in [0.29, 0.717) is 23.7 Å². The normalized spacial score (nSPS) is 10.1. The molecule has 0 amide bonds. The van der Waals surface area contributed by atoms with Crippen LogP contribution in [0.4, 0.5) is 17.2 Å². The fourth-order valence-corrected chi connectivity index (χ4v) is 2.02. The number of ether oxygens (including phenoxy) is 1. The van der Waals surface area contributed by atoms with Crippen LogP contribution < -0.4 is 11.1 Å². The van der Waals surface area contributed by atoms with Crippen LogP contribution in [-0.4, -0.2) is 17.6 Å². The number of anilines is 3. The number of hydrogen-bond donors (Lipinski definition) is 2. The number of benzene rings is 1. The molecule has 0 unspecified atom stereocenters. The van der Waals surface area contributed by atoms with Crippen molar-refractivity contribution in [3.8, 4) is 0 Å². The van der Waals surface area contributed by atoms with Gasteiger partial charge in [0.2, 0.25) is 0 Å². The summed E-state index contributed by atoms with van der Waals surface area (Å²) in [5, 5.41) is 3.09. The largest absolute Gasteiger partial charge is 0.462 e. The Labute approximate surface area is 125 Å². The molecule has 3 N–H and O–H groups in total. The molecule has 0 aliphatic rings. The third kappa shape index (κ3) is 3.27. The van der Waals surface area contributed by atoms with Gasteiger partial charge in [0, 0.05) is 4.47 Å². The summed E-state index contributed by atoms with van der Waals surface area (Å²) in [7, 11) is 0. The molecular weight excluding hydrogens is 322 g/mol. The molecule has 5 nitrogen and oxygen atoms in total. The van der Waals surface area contributed by atoms with Crippen molar-refractivity contribution in [2.45, 2.75) is 6.92 Å². The van der Waals surface area contributed by atoms with Crippen LogP contribution in [0.1, 0.15) is 17.3 Å². The molecule has 1 aromatic carbocycles. The number of rotatable bonds is 4. The van der Waals surface area contributed by atoms with Gasteiger partial charge in [-0.05, 0) is 41.1 Å². The molecule has 0 fully saturated rings. The average Bonchev–Trinajstić information content (AvgIpc) is 2.43. The molecule has 0 spiro atoms. The number of nitrogens with one attached hydrogen (secondary N) is 1. The van der Waals surface area contributed by atoms with Crippen molar-refractivity contribution >= 4 is 39.1 Å². The van der Waals surface area contributed by atoms with E-state index in [4.69, 9.17) is 10.5 Å². The number of hydrogen-bond acceptors (Lipinski definition) is 5. The summed E-state index contributed by atoms with van der Waals surface area (Å²) in [5.41, 5.74) is 7.19. The zero-order chi connectivity index (χ0) is 14.5. The topological polar surface area (TPSA) is 77.2 Å². The van der Waals surface area contributed by atoms with Gasteiger partial charge in [-0.15, -0.1) is 0 Å². The van der Waals surface area contributed by atoms with Crippen molar-refractivity contribution in [3.05, 3.63) is 46.6 Å². The standard InChI is InChI=1S/C14H14BrN3O2/c1-2-20-14(19)10-7-9(16)8-17-13(10)18-12-6-4-3-5-11(12)15/h3-8H,2,16H2,1H3,(H,17,18). The van der Waals surface area contributed by atoms with Crippen LogP contribution in [0.2, 0.25) is 0 Å². The first-order chi connectivity index (χ1) is 9.61. The van der Waals surface area contributed by atoms with E-state index in [-0.39, 0.29) is 0 Å². The molecule has 0 saturated carbocycles. The lowest BCUT2D eigenvalue weighted by Crippen LogP contribution is -2.10. The second-order valence-corrected chi connectivity index (χ2v) is 4.84. The van der Waals surface area contributed by atoms with E-state index in [1.807, 2.05) is 24.3 Å². The highest BCUT2D eigenvalue weighted by molar-refractivity contribution is 9.10. The second-order valence-electron chi connectivity index (χ2n) is 3.99. The minimum atomic E-state index is -0.457. The molecule has 0 saturated heterocycles. The van der Waals surface area contributed by atoms with Gasteiger partial charge in [0.1, 0.15) is 11.4 Å². The molecule has 0 bridgehead atoms. The Morgan fingerprint density at radius 1 is 1.45 bits per heavy atom. The highest BCUT2D eigenvalue weighted by Crippen LogP contribution is 2.27. The van der Waals surface area contributed by atoms with Gasteiger partial charge in [-0.2, -0.15) is 0 Å². The van der Waals surface area contributed by atoms with Crippen LogP contribution in [-0.2, 0) is 4.74 Å². The molecule has 104 valence electrons. The molecule has 0 aliphatic heterocycles. The monoisotopic (exact) mass is 335 g/mol. The lowest BCUT2D eigenvalue weighted by molar-refractivity contribution is 0.0527. The van der Waals surface area contributed by atoms with E-state index in [2.05, 4.69) is 26.2 Å². The number of nitrogens with two attached hydrogens (primary N) is 1. The maximum Gasteiger partial charge on any atom is 0.341 e. The van der Waals surface area contributed by atoms with E-state index in [0.717, 1.165) is 10.2 Å². The van der Waals surface area contributed by atoms with Crippen LogP contribution >= 0.6 is 15.9 Å². The molecule has 1 aromatic heterocycles. The fourth-order valence-electron chi connectivity index (χ4n) is 1.64. The van der Waals surface area contributed by atoms with E-state index < -0.39 is 5.97 Å². The molecule has 0 aliphatic carbocycles. The smallest absolute Gasteiger partial charge is 0.341 e. The van der Waals surface area contributed by atoms with E-state index in [1.165, 1.54) is 6.20 Å². The van der Waals surface area contributed by atoms with E-state index in [1.54, 1.807) is 13.0 Å². The predicted molar refractivity (Wildman–Crippen MR) is 82.0 cm³/mol. The minimum Gasteiger partial charge on any atom is -0.462 e. The first-order valence-electron chi connectivity index (χ1n) is 6.06. The molecule has 0 radical (unpaired) electrons. The number of esters is 1. The zero-order valence-corrected chi connectivity index (χ0v) is 12.5. The first-order valence-corrected chi connectivity index (χ1v) is 6.85. The van der Waals surface area contributed by atoms with Gasteiger partial charge in [0.25, 0.3) is 0 Å². The Morgan fingerprint density at radius 2 is 2.20 bits per heavy atom. The summed E-state index contributed by atoms with van der Waals surface area (Å²) in [6.45, 7) is 2.04. The lowest BCUT2D eigenvalue weighted by atomic mass is 10.2. The predicted octanol–water partition coefficient (Wildman–Crippen LogP) is 3.35. The molecule has 0 atom stereocenters. The Morgan fingerprint density at radius 3 is 2.90 bits per heavy atom. The molecule has 2 rings (SSSR count). The van der Waals surface area contributed by atoms with Crippen molar-refractivity contribution in [1.82, 2.24) is 4.98 Å². The number of carbonyl (C=O) groups is 1. The number of para-hydroxylation sites is 1. The molecule has 1 heterocycles. The van der Waals surface area contributed by atoms with Crippen molar-refractivity contribution < 1.29 is 9.53 Å². The summed E-state index contributed by atoms with van der Waals surface area (Å²) >= 11 is 3.43. The van der Waals surface area contributed by atoms with Crippen molar-refractivity contribution in [2.75, 3.05) is 17.7 Å². The average molecular weight is 336 g/mol. The summed E-state index contributed by atoms with van der Waals surface area (Å²) in [5.74, 6) is -0.0496. The first kappa shape index (κ1) is 14.3. The fraction of sp³-hybridized carbons (Fsp3) is 0.143. The number of nitrogen functional groups attached to an aromatic ring is 1. The maximum atomic E-state index is 11.9. The Balaban J connectivity index is 2.36. The van der Waals surface area contributed by atoms with Gasteiger partial charge in [0.15, 0.2) is 0 Å². The maximum absolute atomic E-state index is 11.9. The Kier molecular flexibility index (Phi) is 4.57. The Hall–Kier alpha value is -2.08. The molecular formula is C14H14BrN3O2. The van der Waals surface area contributed by atoms with Crippen LogP contribution in [0.15, 0.2) is 41.0 Å². The van der Waals surface area contributed by atoms with Gasteiger partial charge >= 0.3 is 5.97 Å². The molecule has 6 heteroatoms. The molecule has 20 heavy (non-hydrogen) atoms. The zero-order valence-electron chi connectivity index (χ0n) is 10.9. The van der Waals surface area contributed by atoms with E-state index in [9.17, 15) is 4.79 Å². The van der Waals surface area contributed by atoms with Gasteiger partial charge in [-0.3, -0.25) is 0 Å². The third-order valence-electron chi connectivity index (χ3n) is 2.53. The van der Waals surface area contributed by atoms with Crippen LogP contribution in [0.25, 0.3) is 0 Å². The number of nitrogens with zero attached hydrogens (tertiary/aromatic N) is 1. The second kappa shape index (κ2) is 6.38. The SMILES string of the molecule is CCOC(=O)c1cc(N)cnc1Nc1ccccc1Br. The van der Waals surface area contributed by atoms with Crippen LogP contribution in [0.3, 0.4) is 0 Å². The highest BCUT2D eigenvalue weighted by Gasteiger charge is 2.15. The molecule has 2 aromatic rings. The van der Waals surface area contributed by atoms with Gasteiger partial charge in [0.05, 0.1) is 24.2 Å². The summed E-state index contributed by atoms with van der Waals surface area (Å²) in [6.07, 6.45) is 1.49. The lowest BCUT2D eigenvalue weighted by Gasteiger charge is -2.12. The highest BCUT2D eigenvalue weighted by atomic mass is 79.9. The summed E-state index contributed by atoms with van der Waals surface area (Å²) in [4.78, 5) is 16.1. The number of pyridine rings is 1. The minimum absolute atomic E-state index is 0.294. The van der Waals surface area contributed by atoms with Crippen LogP contribution in [0.5, 0.6) is 0 Å². The number of halogens is 1. The summed E-state index contributed by atoms with van der Waals surface area (Å²) < 4.78 is 5.87. The number of aromatic nitrogens is 1. The van der Waals surface area contributed by atoms with Crippen LogP contribution in [0, 0.1) is 0 Å². The number of carbonyl (C=O) groups excluding carboxylic acids is 1. The van der Waals surface area contributed by atoms with Crippen molar-refractivity contribution in [3.63, 3.8) is 0 Å². The summed E-state index contributed by atoms with van der Waals surface area (Å²) in [6, 6.07) is 9.09. The quantitative estimate of drug-likeness (QED) is 0.838. The van der Waals surface area contributed by atoms with Gasteiger partial charge in [-0.25, -0.2) is 9.78 Å². The van der Waals surface area contributed by atoms with Crippen molar-refractivity contribution in [2.24, 2.45) is 0 Å². The van der Waals surface area contributed by atoms with Crippen molar-refractivity contribution in [1.29, 1.82) is 0 Å². The third-order valence-corrected chi connectivity index (χ3v) is 3.22. The van der Waals surface area contributed by atoms with Gasteiger partial charge < -0.3 is 15.8 Å². The van der Waals surface area contributed by atoms with E-state index >= 15 is 0 Å². The Bertz CT molecular complexity index is 632.